The number of carbonyl (C=O) groups excluding carboxylic acids is 7. The molecule has 0 bridgehead atoms. The van der Waals surface area contributed by atoms with Crippen LogP contribution in [0.3, 0.4) is 0 Å². The van der Waals surface area contributed by atoms with Crippen molar-refractivity contribution in [3.8, 4) is 0 Å². The Morgan fingerprint density at radius 1 is 0.678 bits per heavy atom. The van der Waals surface area contributed by atoms with Crippen molar-refractivity contribution >= 4 is 75.1 Å². The molecule has 0 aromatic carbocycles. The molecule has 1 aliphatic carbocycles. The first-order valence-corrected chi connectivity index (χ1v) is 20.4. The van der Waals surface area contributed by atoms with Gasteiger partial charge in [-0.15, -0.1) is 11.3 Å². The number of carbonyl (C=O) groups is 7. The average molecular weight is 871 g/mol. The van der Waals surface area contributed by atoms with Gasteiger partial charge in [-0.2, -0.15) is 0 Å². The summed E-state index contributed by atoms with van der Waals surface area (Å²) >= 11 is 2.32. The van der Waals surface area contributed by atoms with Gasteiger partial charge < -0.3 is 47.4 Å². The predicted octanol–water partition coefficient (Wildman–Crippen LogP) is 1.68. The molecule has 5 rings (SSSR count). The molecule has 0 spiro atoms. The second-order valence-corrected chi connectivity index (χ2v) is 15.9. The molecular weight excluding hydrogens is 825 g/mol. The summed E-state index contributed by atoms with van der Waals surface area (Å²) in [5.41, 5.74) is -0.586. The average Bonchev–Trinajstić information content (AvgIpc) is 3.72. The minimum atomic E-state index is -1.82. The van der Waals surface area contributed by atoms with Crippen LogP contribution in [0.2, 0.25) is 0 Å². The fraction of sp³-hybridized carbons (Fsp3) is 0.649. The molecule has 0 N–H and O–H groups in total. The maximum atomic E-state index is 13.9. The number of nitrogens with zero attached hydrogens (tertiary/aromatic N) is 2. The van der Waals surface area contributed by atoms with Crippen molar-refractivity contribution in [3.05, 3.63) is 20.8 Å². The first kappa shape index (κ1) is 45.4. The van der Waals surface area contributed by atoms with Gasteiger partial charge in [0.1, 0.15) is 36.4 Å². The van der Waals surface area contributed by atoms with Gasteiger partial charge in [0, 0.05) is 59.9 Å². The van der Waals surface area contributed by atoms with E-state index in [9.17, 15) is 38.4 Å². The lowest BCUT2D eigenvalue weighted by Gasteiger charge is -2.48. The van der Waals surface area contributed by atoms with Crippen LogP contribution in [0.25, 0.3) is 10.2 Å². The second kappa shape index (κ2) is 19.6. The van der Waals surface area contributed by atoms with Crippen LogP contribution in [0, 0.1) is 0 Å². The Labute approximate surface area is 345 Å². The summed E-state index contributed by atoms with van der Waals surface area (Å²) in [5.74, 6) is -5.90. The molecule has 2 fully saturated rings. The van der Waals surface area contributed by atoms with E-state index in [1.165, 1.54) is 15.9 Å². The zero-order valence-electron chi connectivity index (χ0n) is 33.6. The first-order chi connectivity index (χ1) is 27.9. The van der Waals surface area contributed by atoms with Gasteiger partial charge in [-0.1, -0.05) is 11.8 Å². The van der Waals surface area contributed by atoms with Crippen LogP contribution in [-0.2, 0) is 100 Å². The molecule has 3 aliphatic rings. The summed E-state index contributed by atoms with van der Waals surface area (Å²) in [7, 11) is 0. The van der Waals surface area contributed by atoms with Crippen LogP contribution in [0.1, 0.15) is 72.3 Å². The molecule has 2 aromatic rings. The van der Waals surface area contributed by atoms with Crippen molar-refractivity contribution in [1.82, 2.24) is 9.55 Å². The van der Waals surface area contributed by atoms with Crippen molar-refractivity contribution < 1.29 is 80.9 Å². The van der Waals surface area contributed by atoms with E-state index in [4.69, 9.17) is 52.4 Å². The van der Waals surface area contributed by atoms with Crippen molar-refractivity contribution in [1.29, 1.82) is 0 Å². The topological polar surface area (TPSA) is 247 Å². The number of aryl methyl sites for hydroxylation is 2. The highest BCUT2D eigenvalue weighted by atomic mass is 32.2. The molecule has 0 unspecified atom stereocenters. The van der Waals surface area contributed by atoms with Crippen LogP contribution < -0.4 is 5.56 Å². The lowest BCUT2D eigenvalue weighted by molar-refractivity contribution is -0.341. The van der Waals surface area contributed by atoms with Crippen molar-refractivity contribution in [2.45, 2.75) is 147 Å². The number of rotatable bonds is 14. The van der Waals surface area contributed by atoms with E-state index in [-0.39, 0.29) is 17.3 Å². The standard InChI is InChI=1S/C37H46N2O18S2/c1-9-39-34(47)26-22-11-10-12-25(22)58-33(26)38-37(39)59-36-32(54-21(8)46)30(52-19(6)44)28(24(56-36)14-49-16(3)41)57-35-31(53-20(7)45)29(51-18(5)43)27(50-17(4)42)23(55-35)13-48-15(2)40/h23-24,27-32,35-36H,9-14H2,1-8H3/t23-,24-,27+,28-,29+,30+,31-,32-,35+,36-/m0/s1. The highest BCUT2D eigenvalue weighted by Gasteiger charge is 2.57. The molecule has 2 saturated heterocycles. The molecule has 2 aromatic heterocycles. The van der Waals surface area contributed by atoms with Gasteiger partial charge in [-0.3, -0.25) is 42.9 Å². The Morgan fingerprint density at radius 2 is 1.19 bits per heavy atom. The monoisotopic (exact) mass is 870 g/mol. The van der Waals surface area contributed by atoms with E-state index in [1.54, 1.807) is 6.92 Å². The highest BCUT2D eigenvalue weighted by molar-refractivity contribution is 7.99. The quantitative estimate of drug-likeness (QED) is 0.149. The van der Waals surface area contributed by atoms with E-state index < -0.39 is 116 Å². The summed E-state index contributed by atoms with van der Waals surface area (Å²) in [4.78, 5) is 107. The zero-order valence-corrected chi connectivity index (χ0v) is 35.2. The van der Waals surface area contributed by atoms with Crippen LogP contribution in [0.4, 0.5) is 0 Å². The SMILES string of the molecule is CCn1c(S[C@@H]2O[C@@H](COC(C)=O)[C@H](O[C@H]3O[C@@H](COC(C)=O)[C@@H](OC(C)=O)[C@@H](OC(C)=O)[C@@H]3OC(C)=O)[C@@H](OC(C)=O)[C@@H]2OC(C)=O)nc2sc3c(c2c1=O)CCC3. The van der Waals surface area contributed by atoms with E-state index in [0.29, 0.717) is 10.2 Å². The second-order valence-electron chi connectivity index (χ2n) is 13.8. The fourth-order valence-corrected chi connectivity index (χ4v) is 9.64. The molecule has 324 valence electrons. The normalized spacial score (nSPS) is 27.5. The summed E-state index contributed by atoms with van der Waals surface area (Å²) in [6.07, 6.45) is -11.7. The lowest BCUT2D eigenvalue weighted by atomic mass is 9.96. The summed E-state index contributed by atoms with van der Waals surface area (Å²) in [6, 6.07) is 0. The van der Waals surface area contributed by atoms with Crippen LogP contribution >= 0.6 is 23.1 Å². The van der Waals surface area contributed by atoms with E-state index in [2.05, 4.69) is 0 Å². The molecule has 22 heteroatoms. The smallest absolute Gasteiger partial charge is 0.303 e. The van der Waals surface area contributed by atoms with Crippen LogP contribution in [0.5, 0.6) is 0 Å². The molecule has 0 saturated carbocycles. The van der Waals surface area contributed by atoms with Gasteiger partial charge in [-0.25, -0.2) is 4.98 Å². The van der Waals surface area contributed by atoms with Crippen LogP contribution in [-0.4, -0.2) is 125 Å². The Bertz CT molecular complexity index is 2020. The molecule has 59 heavy (non-hydrogen) atoms. The Hall–Kier alpha value is -4.64. The number of ether oxygens (including phenoxy) is 10. The third-order valence-electron chi connectivity index (χ3n) is 9.21. The highest BCUT2D eigenvalue weighted by Crippen LogP contribution is 2.41. The maximum Gasteiger partial charge on any atom is 0.303 e. The van der Waals surface area contributed by atoms with Crippen LogP contribution in [0.15, 0.2) is 9.95 Å². The van der Waals surface area contributed by atoms with Gasteiger partial charge in [0.15, 0.2) is 47.4 Å². The summed E-state index contributed by atoms with van der Waals surface area (Å²) < 4.78 is 59.1. The third kappa shape index (κ3) is 11.0. The van der Waals surface area contributed by atoms with E-state index in [0.717, 1.165) is 89.9 Å². The molecule has 20 nitrogen and oxygen atoms in total. The van der Waals surface area contributed by atoms with Gasteiger partial charge in [-0.05, 0) is 31.7 Å². The maximum absolute atomic E-state index is 13.9. The number of thioether (sulfide) groups is 1. The largest absolute Gasteiger partial charge is 0.463 e. The fourth-order valence-electron chi connectivity index (χ4n) is 7.10. The zero-order chi connectivity index (χ0) is 43.3. The van der Waals surface area contributed by atoms with Gasteiger partial charge >= 0.3 is 41.8 Å². The van der Waals surface area contributed by atoms with Crippen molar-refractivity contribution in [3.63, 3.8) is 0 Å². The molecule has 0 amide bonds. The third-order valence-corrected chi connectivity index (χ3v) is 11.5. The number of esters is 7. The Kier molecular flexibility index (Phi) is 15.1. The Morgan fingerprint density at radius 3 is 1.73 bits per heavy atom. The lowest BCUT2D eigenvalue weighted by Crippen LogP contribution is -2.66. The number of hydrogen-bond donors (Lipinski definition) is 0. The molecule has 10 atom stereocenters. The minimum absolute atomic E-state index is 0.193. The predicted molar refractivity (Wildman–Crippen MR) is 201 cm³/mol. The number of aromatic nitrogens is 2. The molecule has 0 radical (unpaired) electrons. The van der Waals surface area contributed by atoms with E-state index in [1.807, 2.05) is 0 Å². The van der Waals surface area contributed by atoms with Gasteiger partial charge in [0.05, 0.1) is 5.39 Å². The minimum Gasteiger partial charge on any atom is -0.463 e. The first-order valence-electron chi connectivity index (χ1n) is 18.7. The molecule has 4 heterocycles. The molecular formula is C37H46N2O18S2. The van der Waals surface area contributed by atoms with E-state index >= 15 is 0 Å². The van der Waals surface area contributed by atoms with Crippen molar-refractivity contribution in [2.75, 3.05) is 13.2 Å². The van der Waals surface area contributed by atoms with Gasteiger partial charge in [0.2, 0.25) is 0 Å². The number of fused-ring (bicyclic) bond motifs is 3. The van der Waals surface area contributed by atoms with Crippen molar-refractivity contribution in [2.24, 2.45) is 0 Å². The summed E-state index contributed by atoms with van der Waals surface area (Å²) in [5, 5.41) is 0.734. The Balaban J connectivity index is 1.61. The molecule has 2 aliphatic heterocycles. The summed E-state index contributed by atoms with van der Waals surface area (Å²) in [6.45, 7) is 8.39. The number of thiophene rings is 1. The van der Waals surface area contributed by atoms with Gasteiger partial charge in [0.25, 0.3) is 5.56 Å². The number of hydrogen-bond acceptors (Lipinski definition) is 21.